The van der Waals surface area contributed by atoms with E-state index in [1.807, 2.05) is 0 Å². The van der Waals surface area contributed by atoms with E-state index in [9.17, 15) is 0 Å². The Labute approximate surface area is 102 Å². The molecule has 1 rings (SSSR count). The summed E-state index contributed by atoms with van der Waals surface area (Å²) in [7, 11) is -0.188. The van der Waals surface area contributed by atoms with Gasteiger partial charge in [-0.2, -0.15) is 0 Å². The Morgan fingerprint density at radius 1 is 1.13 bits per heavy atom. The first kappa shape index (κ1) is 13.6. The van der Waals surface area contributed by atoms with E-state index in [1.54, 1.807) is 0 Å². The largest absolute Gasteiger partial charge is 0.309 e. The lowest BCUT2D eigenvalue weighted by molar-refractivity contribution is 0.182. The molecule has 0 aromatic rings. The van der Waals surface area contributed by atoms with Crippen molar-refractivity contribution in [3.8, 4) is 0 Å². The molecule has 0 N–H and O–H groups in total. The molecule has 1 unspecified atom stereocenters. The van der Waals surface area contributed by atoms with Crippen LogP contribution in [0.4, 0.5) is 0 Å². The van der Waals surface area contributed by atoms with Gasteiger partial charge in [0.05, 0.1) is 6.10 Å². The van der Waals surface area contributed by atoms with Crippen molar-refractivity contribution in [1.82, 2.24) is 0 Å². The SMILES string of the molecule is CCCCCCS(=S)OC1CCCCC1. The fourth-order valence-electron chi connectivity index (χ4n) is 2.01. The fourth-order valence-corrected chi connectivity index (χ4v) is 3.73. The van der Waals surface area contributed by atoms with Crippen LogP contribution in [0.1, 0.15) is 64.7 Å². The second-order valence-corrected chi connectivity index (χ2v) is 6.75. The van der Waals surface area contributed by atoms with Crippen molar-refractivity contribution in [3.05, 3.63) is 0 Å². The van der Waals surface area contributed by atoms with E-state index >= 15 is 0 Å². The van der Waals surface area contributed by atoms with Crippen molar-refractivity contribution < 1.29 is 4.18 Å². The van der Waals surface area contributed by atoms with Crippen molar-refractivity contribution in [2.24, 2.45) is 0 Å². The Hall–Kier alpha value is 0.530. The molecule has 1 atom stereocenters. The third kappa shape index (κ3) is 6.64. The maximum absolute atomic E-state index is 5.91. The first-order valence-electron chi connectivity index (χ1n) is 6.38. The van der Waals surface area contributed by atoms with Gasteiger partial charge in [-0.15, -0.1) is 0 Å². The Morgan fingerprint density at radius 3 is 2.53 bits per heavy atom. The summed E-state index contributed by atoms with van der Waals surface area (Å²) >= 11 is 5.37. The molecule has 0 aliphatic heterocycles. The van der Waals surface area contributed by atoms with Crippen LogP contribution in [0.5, 0.6) is 0 Å². The smallest absolute Gasteiger partial charge is 0.0725 e. The zero-order valence-electron chi connectivity index (χ0n) is 9.87. The molecular formula is C12H24OS2. The van der Waals surface area contributed by atoms with Gasteiger partial charge in [-0.25, -0.2) is 0 Å². The summed E-state index contributed by atoms with van der Waals surface area (Å²) in [5.41, 5.74) is 0. The van der Waals surface area contributed by atoms with E-state index in [0.717, 1.165) is 5.75 Å². The molecule has 90 valence electrons. The first-order valence-corrected chi connectivity index (χ1v) is 8.63. The van der Waals surface area contributed by atoms with Gasteiger partial charge in [-0.05, 0) is 30.5 Å². The minimum atomic E-state index is -0.188. The van der Waals surface area contributed by atoms with Crippen LogP contribution in [0.25, 0.3) is 0 Å². The summed E-state index contributed by atoms with van der Waals surface area (Å²) in [5, 5.41) is 0. The molecule has 1 aliphatic carbocycles. The summed E-state index contributed by atoms with van der Waals surface area (Å²) < 4.78 is 5.91. The summed E-state index contributed by atoms with van der Waals surface area (Å²) in [4.78, 5) is 0. The first-order chi connectivity index (χ1) is 7.33. The normalized spacial score (nSPS) is 20.3. The van der Waals surface area contributed by atoms with Crippen LogP contribution in [-0.2, 0) is 25.1 Å². The molecule has 0 heterocycles. The minimum Gasteiger partial charge on any atom is -0.309 e. The van der Waals surface area contributed by atoms with Gasteiger partial charge in [0, 0.05) is 15.5 Å². The highest BCUT2D eigenvalue weighted by molar-refractivity contribution is 8.26. The molecule has 3 heteroatoms. The fraction of sp³-hybridized carbons (Fsp3) is 1.00. The Bertz CT molecular complexity index is 176. The lowest BCUT2D eigenvalue weighted by Crippen LogP contribution is -2.18. The topological polar surface area (TPSA) is 9.23 Å². The molecule has 15 heavy (non-hydrogen) atoms. The standard InChI is InChI=1S/C12H24OS2/c1-2-3-4-8-11-15(14)13-12-9-6-5-7-10-12/h12H,2-11H2,1H3. The van der Waals surface area contributed by atoms with Gasteiger partial charge in [-0.3, -0.25) is 0 Å². The molecule has 1 fully saturated rings. The summed E-state index contributed by atoms with van der Waals surface area (Å²) in [6, 6.07) is 0. The molecule has 0 bridgehead atoms. The van der Waals surface area contributed by atoms with Crippen LogP contribution in [0.3, 0.4) is 0 Å². The van der Waals surface area contributed by atoms with E-state index in [4.69, 9.17) is 15.4 Å². The van der Waals surface area contributed by atoms with E-state index in [2.05, 4.69) is 6.92 Å². The number of hydrogen-bond acceptors (Lipinski definition) is 2. The average Bonchev–Trinajstić information content (AvgIpc) is 2.26. The van der Waals surface area contributed by atoms with Crippen molar-refractivity contribution >= 4 is 20.9 Å². The molecule has 1 nitrogen and oxygen atoms in total. The molecule has 0 radical (unpaired) electrons. The van der Waals surface area contributed by atoms with Crippen LogP contribution in [-0.4, -0.2) is 11.9 Å². The Morgan fingerprint density at radius 2 is 1.87 bits per heavy atom. The van der Waals surface area contributed by atoms with Crippen molar-refractivity contribution in [3.63, 3.8) is 0 Å². The summed E-state index contributed by atoms with van der Waals surface area (Å²) in [6.07, 6.45) is 12.3. The Kier molecular flexibility index (Phi) is 7.84. The van der Waals surface area contributed by atoms with Gasteiger partial charge >= 0.3 is 0 Å². The number of hydrogen-bond donors (Lipinski definition) is 0. The van der Waals surface area contributed by atoms with Crippen molar-refractivity contribution in [2.75, 3.05) is 5.75 Å². The van der Waals surface area contributed by atoms with Gasteiger partial charge in [0.25, 0.3) is 0 Å². The summed E-state index contributed by atoms with van der Waals surface area (Å²) in [5.74, 6) is 1.10. The maximum atomic E-state index is 5.91. The second kappa shape index (κ2) is 8.66. The highest BCUT2D eigenvalue weighted by Crippen LogP contribution is 2.21. The zero-order valence-corrected chi connectivity index (χ0v) is 11.5. The van der Waals surface area contributed by atoms with Gasteiger partial charge in [0.15, 0.2) is 0 Å². The minimum absolute atomic E-state index is 0.188. The Balaban J connectivity index is 2.01. The predicted octanol–water partition coefficient (Wildman–Crippen LogP) is 3.91. The van der Waals surface area contributed by atoms with Gasteiger partial charge in [0.2, 0.25) is 0 Å². The van der Waals surface area contributed by atoms with Gasteiger partial charge < -0.3 is 4.18 Å². The molecule has 0 spiro atoms. The highest BCUT2D eigenvalue weighted by Gasteiger charge is 2.14. The molecule has 0 aromatic heterocycles. The lowest BCUT2D eigenvalue weighted by Gasteiger charge is -2.22. The zero-order chi connectivity index (χ0) is 10.9. The predicted molar refractivity (Wildman–Crippen MR) is 71.7 cm³/mol. The number of unbranched alkanes of at least 4 members (excludes halogenated alkanes) is 3. The van der Waals surface area contributed by atoms with E-state index in [1.165, 1.54) is 57.8 Å². The second-order valence-electron chi connectivity index (χ2n) is 4.42. The van der Waals surface area contributed by atoms with E-state index in [-0.39, 0.29) is 9.74 Å². The molecule has 0 saturated heterocycles. The molecule has 1 aliphatic rings. The van der Waals surface area contributed by atoms with Crippen LogP contribution in [0, 0.1) is 0 Å². The lowest BCUT2D eigenvalue weighted by atomic mass is 9.98. The van der Waals surface area contributed by atoms with Gasteiger partial charge in [0.1, 0.15) is 0 Å². The highest BCUT2D eigenvalue weighted by atomic mass is 32.8. The summed E-state index contributed by atoms with van der Waals surface area (Å²) in [6.45, 7) is 2.24. The van der Waals surface area contributed by atoms with E-state index < -0.39 is 0 Å². The molecule has 0 amide bonds. The maximum Gasteiger partial charge on any atom is 0.0725 e. The van der Waals surface area contributed by atoms with Crippen LogP contribution >= 0.6 is 0 Å². The molecular weight excluding hydrogens is 224 g/mol. The van der Waals surface area contributed by atoms with Gasteiger partial charge in [-0.1, -0.05) is 45.4 Å². The van der Waals surface area contributed by atoms with Crippen molar-refractivity contribution in [2.45, 2.75) is 70.8 Å². The molecule has 0 aromatic carbocycles. The van der Waals surface area contributed by atoms with Crippen molar-refractivity contribution in [1.29, 1.82) is 0 Å². The van der Waals surface area contributed by atoms with Crippen LogP contribution < -0.4 is 0 Å². The number of rotatable bonds is 7. The average molecular weight is 248 g/mol. The quantitative estimate of drug-likeness (QED) is 0.632. The molecule has 1 saturated carbocycles. The third-order valence-corrected chi connectivity index (χ3v) is 4.80. The van der Waals surface area contributed by atoms with E-state index in [0.29, 0.717) is 6.10 Å². The van der Waals surface area contributed by atoms with Crippen LogP contribution in [0.2, 0.25) is 0 Å². The monoisotopic (exact) mass is 248 g/mol. The van der Waals surface area contributed by atoms with Crippen LogP contribution in [0.15, 0.2) is 0 Å². The third-order valence-electron chi connectivity index (χ3n) is 2.96.